The Labute approximate surface area is 265 Å². The quantitative estimate of drug-likeness (QED) is 0.232. The molecule has 2 aliphatic rings. The van der Waals surface area contributed by atoms with E-state index in [0.717, 1.165) is 24.4 Å². The minimum Gasteiger partial charge on any atom is -0.336 e. The van der Waals surface area contributed by atoms with E-state index in [4.69, 9.17) is 11.6 Å². The Balaban J connectivity index is 0.000000190. The van der Waals surface area contributed by atoms with E-state index in [1.807, 2.05) is 20.8 Å². The molecular formula is C29H37ClN8O4P2. The predicted molar refractivity (Wildman–Crippen MR) is 177 cm³/mol. The number of imidazole rings is 2. The zero-order valence-corrected chi connectivity index (χ0v) is 28.1. The Morgan fingerprint density at radius 2 is 1.14 bits per heavy atom. The average molecular weight is 659 g/mol. The number of carbonyl (C=O) groups is 2. The number of carbonyl (C=O) groups excluding carboxylic acids is 2. The van der Waals surface area contributed by atoms with Gasteiger partial charge in [0.2, 0.25) is 0 Å². The summed E-state index contributed by atoms with van der Waals surface area (Å²) < 4.78 is 6.48. The van der Waals surface area contributed by atoms with Crippen molar-refractivity contribution in [1.29, 1.82) is 0 Å². The molecule has 234 valence electrons. The van der Waals surface area contributed by atoms with Gasteiger partial charge in [-0.25, -0.2) is 9.97 Å². The fourth-order valence-corrected chi connectivity index (χ4v) is 5.42. The van der Waals surface area contributed by atoms with Crippen LogP contribution in [0.1, 0.15) is 45.7 Å². The van der Waals surface area contributed by atoms with Crippen molar-refractivity contribution in [3.63, 3.8) is 0 Å². The van der Waals surface area contributed by atoms with Crippen LogP contribution in [0.15, 0.2) is 58.9 Å². The average Bonchev–Trinajstić information content (AvgIpc) is 3.66. The van der Waals surface area contributed by atoms with E-state index in [2.05, 4.69) is 27.8 Å². The molecule has 0 aliphatic carbocycles. The molecule has 0 spiro atoms. The van der Waals surface area contributed by atoms with Crippen molar-refractivity contribution < 1.29 is 9.59 Å². The third kappa shape index (κ3) is 6.88. The molecule has 2 atom stereocenters. The van der Waals surface area contributed by atoms with E-state index in [1.165, 1.54) is 4.57 Å². The van der Waals surface area contributed by atoms with Gasteiger partial charge in [-0.2, -0.15) is 0 Å². The van der Waals surface area contributed by atoms with Crippen LogP contribution in [0.4, 0.5) is 0 Å². The van der Waals surface area contributed by atoms with Gasteiger partial charge in [-0.1, -0.05) is 6.92 Å². The minimum atomic E-state index is -0.177. The molecule has 0 radical (unpaired) electrons. The fourth-order valence-electron chi connectivity index (χ4n) is 5.22. The third-order valence-corrected chi connectivity index (χ3v) is 7.50. The molecule has 2 amide bonds. The number of pyridine rings is 2. The van der Waals surface area contributed by atoms with Gasteiger partial charge >= 0.3 is 0 Å². The maximum Gasteiger partial charge on any atom is 0.275 e. The van der Waals surface area contributed by atoms with Gasteiger partial charge in [0.15, 0.2) is 0 Å². The zero-order chi connectivity index (χ0) is 32.0. The number of aryl methyl sites for hydroxylation is 2. The highest BCUT2D eigenvalue weighted by Crippen LogP contribution is 2.15. The number of hydrogen-bond donors (Lipinski definition) is 0. The Morgan fingerprint density at radius 3 is 1.50 bits per heavy atom. The number of fused-ring (bicyclic) bond motifs is 2. The summed E-state index contributed by atoms with van der Waals surface area (Å²) in [5, 5.41) is 0. The number of hydrogen-bond acceptors (Lipinski definition) is 6. The molecule has 0 fully saturated rings. The third-order valence-electron chi connectivity index (χ3n) is 7.34. The first-order valence-corrected chi connectivity index (χ1v) is 17.4. The monoisotopic (exact) mass is 658 g/mol. The van der Waals surface area contributed by atoms with Crippen LogP contribution in [0, 0.1) is 13.8 Å². The van der Waals surface area contributed by atoms with Crippen molar-refractivity contribution in [1.82, 2.24) is 38.0 Å². The summed E-state index contributed by atoms with van der Waals surface area (Å²) in [5.41, 5.74) is 3.27. The van der Waals surface area contributed by atoms with Crippen molar-refractivity contribution in [2.24, 2.45) is 0 Å². The van der Waals surface area contributed by atoms with Gasteiger partial charge in [-0.3, -0.25) is 19.2 Å². The number of rotatable bonds is 6. The minimum absolute atomic E-state index is 0.0615. The summed E-state index contributed by atoms with van der Waals surface area (Å²) in [5.74, 6) is 0.184. The van der Waals surface area contributed by atoms with Crippen LogP contribution in [0.2, 0.25) is 0 Å². The highest BCUT2D eigenvalue weighted by Gasteiger charge is 2.26. The second-order valence-electron chi connectivity index (χ2n) is 10.2. The summed E-state index contributed by atoms with van der Waals surface area (Å²) >= 11 is 5.69. The smallest absolute Gasteiger partial charge is 0.275 e. The summed E-state index contributed by atoms with van der Waals surface area (Å²) in [7, 11) is 4.67. The topological polar surface area (TPSA) is 120 Å². The van der Waals surface area contributed by atoms with Crippen LogP contribution in [0.3, 0.4) is 0 Å². The number of halogens is 1. The van der Waals surface area contributed by atoms with E-state index >= 15 is 0 Å². The molecule has 0 saturated carbocycles. The molecule has 6 rings (SSSR count). The largest absolute Gasteiger partial charge is 0.336 e. The van der Waals surface area contributed by atoms with Crippen LogP contribution in [-0.2, 0) is 13.1 Å². The van der Waals surface area contributed by atoms with Gasteiger partial charge in [0.1, 0.15) is 22.8 Å². The van der Waals surface area contributed by atoms with Gasteiger partial charge in [-0.15, -0.1) is 29.5 Å². The Bertz CT molecular complexity index is 1630. The maximum absolute atomic E-state index is 12.6. The van der Waals surface area contributed by atoms with Crippen molar-refractivity contribution in [3.8, 4) is 11.4 Å². The first-order chi connectivity index (χ1) is 21.2. The first-order valence-electron chi connectivity index (χ1n) is 14.2. The molecule has 2 aliphatic heterocycles. The molecule has 0 saturated heterocycles. The van der Waals surface area contributed by atoms with Gasteiger partial charge in [0.05, 0.1) is 24.0 Å². The second kappa shape index (κ2) is 14.9. The van der Waals surface area contributed by atoms with Crippen molar-refractivity contribution >= 4 is 41.3 Å². The van der Waals surface area contributed by atoms with Crippen LogP contribution >= 0.6 is 29.5 Å². The van der Waals surface area contributed by atoms with Crippen LogP contribution in [-0.4, -0.2) is 81.9 Å². The molecule has 12 nitrogen and oxygen atoms in total. The fraction of sp³-hybridized carbons (Fsp3) is 0.379. The number of aromatic nitrogens is 6. The van der Waals surface area contributed by atoms with Crippen molar-refractivity contribution in [3.05, 3.63) is 92.8 Å². The molecule has 0 aromatic carbocycles. The number of nitrogens with zero attached hydrogens (tertiary/aromatic N) is 8. The molecule has 2 unspecified atom stereocenters. The summed E-state index contributed by atoms with van der Waals surface area (Å²) in [6.45, 7) is 9.13. The lowest BCUT2D eigenvalue weighted by Gasteiger charge is -2.29. The highest BCUT2D eigenvalue weighted by molar-refractivity contribution is 7.92. The molecule has 0 N–H and O–H groups in total. The van der Waals surface area contributed by atoms with E-state index < -0.39 is 0 Å². The molecule has 6 heterocycles. The summed E-state index contributed by atoms with van der Waals surface area (Å²) in [4.78, 5) is 61.5. The van der Waals surface area contributed by atoms with Crippen LogP contribution in [0.25, 0.3) is 11.4 Å². The van der Waals surface area contributed by atoms with E-state index in [-0.39, 0.29) is 22.9 Å². The molecule has 44 heavy (non-hydrogen) atoms. The van der Waals surface area contributed by atoms with Crippen molar-refractivity contribution in [2.45, 2.75) is 40.3 Å². The van der Waals surface area contributed by atoms with Gasteiger partial charge in [0.25, 0.3) is 22.9 Å². The standard InChI is InChI=1S/C15H18N4O2.C14H15ClN4O2.H4P2/c1-3-6-17-7-8-19-13(14(17)20)5-4-12(15(19)21)18-9-11(2)16-10-18;1-10-8-18(9-16-10)11-2-3-12-13(20)17(5-4-15)6-7-19(12)14(11)21;1-2/h4-5,9-10H,3,6-8H2,1-2H3;2-3,8-9H,4-7H2,1H3;1-2H2. The first kappa shape index (κ1) is 33.3. The second-order valence-corrected chi connectivity index (χ2v) is 10.6. The SMILES string of the molecule is CCCN1CCn2c(ccc(-n3cnc(C)c3)c2=O)C1=O.Cc1cn(-c2ccc3n(c2=O)CCN(CCCl)C3=O)cn1.PP. The Morgan fingerprint density at radius 1 is 0.705 bits per heavy atom. The predicted octanol–water partition coefficient (Wildman–Crippen LogP) is 2.90. The summed E-state index contributed by atoms with van der Waals surface area (Å²) in [6.07, 6.45) is 7.73. The lowest BCUT2D eigenvalue weighted by molar-refractivity contribution is 0.0697. The number of amides is 2. The Hall–Kier alpha value is -3.59. The normalized spacial score (nSPS) is 13.9. The molecular weight excluding hydrogens is 622 g/mol. The summed E-state index contributed by atoms with van der Waals surface area (Å²) in [6, 6.07) is 6.78. The van der Waals surface area contributed by atoms with Gasteiger partial charge < -0.3 is 28.1 Å². The maximum atomic E-state index is 12.6. The number of alkyl halides is 1. The van der Waals surface area contributed by atoms with E-state index in [9.17, 15) is 19.2 Å². The highest BCUT2D eigenvalue weighted by atomic mass is 35.5. The van der Waals surface area contributed by atoms with E-state index in [0.29, 0.717) is 61.4 Å². The lowest BCUT2D eigenvalue weighted by Crippen LogP contribution is -2.45. The molecule has 0 bridgehead atoms. The van der Waals surface area contributed by atoms with Gasteiger partial charge in [-0.05, 0) is 44.5 Å². The zero-order valence-electron chi connectivity index (χ0n) is 25.0. The van der Waals surface area contributed by atoms with E-state index in [1.54, 1.807) is 72.8 Å². The Kier molecular flexibility index (Phi) is 11.3. The lowest BCUT2D eigenvalue weighted by atomic mass is 10.2. The van der Waals surface area contributed by atoms with Gasteiger partial charge in [0, 0.05) is 57.5 Å². The molecule has 4 aromatic heterocycles. The van der Waals surface area contributed by atoms with Crippen LogP contribution in [0.5, 0.6) is 0 Å². The molecule has 15 heteroatoms. The molecule has 4 aromatic rings. The van der Waals surface area contributed by atoms with Crippen LogP contribution < -0.4 is 11.1 Å². The van der Waals surface area contributed by atoms with Crippen molar-refractivity contribution in [2.75, 3.05) is 32.1 Å².